The molecule has 0 bridgehead atoms. The number of carboxylic acids is 1. The first-order valence-corrected chi connectivity index (χ1v) is 10.7. The largest absolute Gasteiger partial charge is 0.482 e. The lowest BCUT2D eigenvalue weighted by atomic mass is 9.86. The molecule has 7 nitrogen and oxygen atoms in total. The number of benzene rings is 3. The van der Waals surface area contributed by atoms with E-state index in [0.29, 0.717) is 5.56 Å². The van der Waals surface area contributed by atoms with Crippen molar-refractivity contribution in [3.63, 3.8) is 0 Å². The Hall–Kier alpha value is -4.47. The van der Waals surface area contributed by atoms with E-state index in [1.54, 1.807) is 30.3 Å². The van der Waals surface area contributed by atoms with Crippen molar-refractivity contribution in [1.29, 1.82) is 0 Å². The molecule has 4 rings (SSSR count). The van der Waals surface area contributed by atoms with Crippen LogP contribution in [0.25, 0.3) is 0 Å². The molecule has 1 amide bonds. The Bertz CT molecular complexity index is 1300. The molecule has 0 aliphatic carbocycles. The Morgan fingerprint density at radius 3 is 2.06 bits per heavy atom. The predicted octanol–water partition coefficient (Wildman–Crippen LogP) is 4.32. The second-order valence-corrected chi connectivity index (χ2v) is 7.99. The first kappa shape index (κ1) is 24.6. The fourth-order valence-electron chi connectivity index (χ4n) is 4.05. The maximum Gasteiger partial charge on any atom is 0.416 e. The van der Waals surface area contributed by atoms with E-state index in [0.717, 1.165) is 29.2 Å². The molecular formula is C26H18F3NO6. The molecule has 10 heteroatoms. The molecule has 0 radical (unpaired) electrons. The Balaban J connectivity index is 1.72. The number of carboxylic acid groups (broad SMARTS) is 1. The van der Waals surface area contributed by atoms with Crippen molar-refractivity contribution in [2.45, 2.75) is 12.2 Å². The second kappa shape index (κ2) is 9.65. The summed E-state index contributed by atoms with van der Waals surface area (Å²) in [5.41, 5.74) is -0.336. The molecule has 3 aromatic carbocycles. The minimum absolute atomic E-state index is 0.0444. The van der Waals surface area contributed by atoms with Crippen molar-refractivity contribution >= 4 is 29.1 Å². The summed E-state index contributed by atoms with van der Waals surface area (Å²) < 4.78 is 44.1. The van der Waals surface area contributed by atoms with E-state index in [1.807, 2.05) is 0 Å². The van der Waals surface area contributed by atoms with Gasteiger partial charge in [-0.2, -0.15) is 13.2 Å². The van der Waals surface area contributed by atoms with Crippen LogP contribution in [0.3, 0.4) is 0 Å². The van der Waals surface area contributed by atoms with Gasteiger partial charge in [-0.15, -0.1) is 0 Å². The van der Waals surface area contributed by atoms with Gasteiger partial charge in [0.05, 0.1) is 11.6 Å². The van der Waals surface area contributed by atoms with Crippen LogP contribution in [-0.4, -0.2) is 35.2 Å². The average Bonchev–Trinajstić information content (AvgIpc) is 3.13. The fourth-order valence-corrected chi connectivity index (χ4v) is 4.05. The number of ether oxygens (including phenoxy) is 1. The topological polar surface area (TPSA) is 101 Å². The zero-order valence-electron chi connectivity index (χ0n) is 18.4. The Kier molecular flexibility index (Phi) is 6.61. The van der Waals surface area contributed by atoms with E-state index in [1.165, 1.54) is 24.3 Å². The van der Waals surface area contributed by atoms with Crippen molar-refractivity contribution in [3.05, 3.63) is 95.6 Å². The highest BCUT2D eigenvalue weighted by molar-refractivity contribution is 6.49. The highest BCUT2D eigenvalue weighted by atomic mass is 19.4. The Morgan fingerprint density at radius 2 is 1.50 bits per heavy atom. The number of carbonyl (C=O) groups excluding carboxylic acids is 3. The summed E-state index contributed by atoms with van der Waals surface area (Å²) in [6.45, 7) is -0.582. The van der Waals surface area contributed by atoms with Crippen LogP contribution in [0.15, 0.2) is 78.9 Å². The molecule has 0 saturated carbocycles. The summed E-state index contributed by atoms with van der Waals surface area (Å²) in [4.78, 5) is 51.3. The van der Waals surface area contributed by atoms with Gasteiger partial charge in [0.2, 0.25) is 5.78 Å². The van der Waals surface area contributed by atoms with Gasteiger partial charge in [-0.05, 0) is 54.1 Å². The number of amides is 1. The average molecular weight is 497 g/mol. The van der Waals surface area contributed by atoms with E-state index >= 15 is 0 Å². The lowest BCUT2D eigenvalue weighted by molar-refractivity contribution is -0.139. The summed E-state index contributed by atoms with van der Waals surface area (Å²) >= 11 is 0. The Morgan fingerprint density at radius 1 is 0.889 bits per heavy atom. The van der Waals surface area contributed by atoms with Crippen LogP contribution >= 0.6 is 0 Å². The molecule has 0 aromatic heterocycles. The zero-order valence-corrected chi connectivity index (χ0v) is 18.4. The molecule has 36 heavy (non-hydrogen) atoms. The van der Waals surface area contributed by atoms with Crippen LogP contribution < -0.4 is 9.64 Å². The van der Waals surface area contributed by atoms with Crippen LogP contribution in [0.2, 0.25) is 0 Å². The van der Waals surface area contributed by atoms with Gasteiger partial charge in [-0.1, -0.05) is 30.3 Å². The van der Waals surface area contributed by atoms with E-state index in [9.17, 15) is 32.3 Å². The number of nitrogens with zero attached hydrogens (tertiary/aromatic N) is 1. The van der Waals surface area contributed by atoms with Crippen LogP contribution in [0, 0.1) is 5.92 Å². The van der Waals surface area contributed by atoms with Gasteiger partial charge in [0.1, 0.15) is 11.7 Å². The molecule has 184 valence electrons. The summed E-state index contributed by atoms with van der Waals surface area (Å²) in [6.07, 6.45) is -4.58. The van der Waals surface area contributed by atoms with Crippen LogP contribution in [0.1, 0.15) is 27.5 Å². The number of anilines is 1. The molecule has 1 aliphatic heterocycles. The number of aliphatic carboxylic acids is 1. The number of carbonyl (C=O) groups is 4. The molecule has 2 atom stereocenters. The summed E-state index contributed by atoms with van der Waals surface area (Å²) in [7, 11) is 0. The Labute approximate surface area is 202 Å². The normalized spacial score (nSPS) is 17.8. The monoisotopic (exact) mass is 497 g/mol. The van der Waals surface area contributed by atoms with Gasteiger partial charge in [0.15, 0.2) is 12.4 Å². The number of hydrogen-bond donors (Lipinski definition) is 1. The third kappa shape index (κ3) is 4.83. The molecule has 2 unspecified atom stereocenters. The number of ketones is 2. The predicted molar refractivity (Wildman–Crippen MR) is 121 cm³/mol. The zero-order chi connectivity index (χ0) is 26.0. The van der Waals surface area contributed by atoms with E-state index in [-0.39, 0.29) is 17.0 Å². The standard InChI is InChI=1S/C26H18F3NO6/c27-26(28,29)17-8-10-18(11-9-17)30-22(15-4-2-1-3-5-15)21(24(34)25(30)35)23(33)16-6-12-19(13-7-16)36-14-20(31)32/h1-13,21-22H,14H2,(H,31,32). The highest BCUT2D eigenvalue weighted by Gasteiger charge is 2.52. The van der Waals surface area contributed by atoms with E-state index < -0.39 is 53.7 Å². The minimum Gasteiger partial charge on any atom is -0.482 e. The van der Waals surface area contributed by atoms with Gasteiger partial charge in [-0.3, -0.25) is 19.3 Å². The fraction of sp³-hybridized carbons (Fsp3) is 0.154. The molecule has 3 aromatic rings. The summed E-state index contributed by atoms with van der Waals surface area (Å²) in [5.74, 6) is -5.11. The van der Waals surface area contributed by atoms with Gasteiger partial charge in [0, 0.05) is 11.3 Å². The molecule has 0 spiro atoms. The van der Waals surface area contributed by atoms with Crippen molar-refractivity contribution in [2.75, 3.05) is 11.5 Å². The number of Topliss-reactive ketones (excluding diaryl/α,β-unsaturated/α-hetero) is 2. The van der Waals surface area contributed by atoms with Crippen molar-refractivity contribution in [3.8, 4) is 5.75 Å². The third-order valence-electron chi connectivity index (χ3n) is 5.70. The molecular weight excluding hydrogens is 479 g/mol. The first-order chi connectivity index (χ1) is 17.1. The summed E-state index contributed by atoms with van der Waals surface area (Å²) in [5, 5.41) is 8.72. The van der Waals surface area contributed by atoms with E-state index in [2.05, 4.69) is 0 Å². The molecule has 1 aliphatic rings. The molecule has 1 heterocycles. The molecule has 1 fully saturated rings. The van der Waals surface area contributed by atoms with Gasteiger partial charge in [-0.25, -0.2) is 4.79 Å². The third-order valence-corrected chi connectivity index (χ3v) is 5.70. The molecule has 1 saturated heterocycles. The number of alkyl halides is 3. The highest BCUT2D eigenvalue weighted by Crippen LogP contribution is 2.42. The van der Waals surface area contributed by atoms with Crippen molar-refractivity contribution in [1.82, 2.24) is 0 Å². The lowest BCUT2D eigenvalue weighted by Crippen LogP contribution is -2.30. The smallest absolute Gasteiger partial charge is 0.416 e. The molecule has 1 N–H and O–H groups in total. The van der Waals surface area contributed by atoms with E-state index in [4.69, 9.17) is 9.84 Å². The van der Waals surface area contributed by atoms with Gasteiger partial charge in [0.25, 0.3) is 5.91 Å². The SMILES string of the molecule is O=C(O)COc1ccc(C(=O)C2C(=O)C(=O)N(c3ccc(C(F)(F)F)cc3)C2c2ccccc2)cc1. The van der Waals surface area contributed by atoms with Crippen LogP contribution in [0.5, 0.6) is 5.75 Å². The van der Waals surface area contributed by atoms with Gasteiger partial charge < -0.3 is 9.84 Å². The second-order valence-electron chi connectivity index (χ2n) is 7.99. The maximum absolute atomic E-state index is 13.4. The minimum atomic E-state index is -4.58. The quantitative estimate of drug-likeness (QED) is 0.296. The van der Waals surface area contributed by atoms with Gasteiger partial charge >= 0.3 is 12.1 Å². The van der Waals surface area contributed by atoms with Crippen LogP contribution in [0.4, 0.5) is 18.9 Å². The van der Waals surface area contributed by atoms with Crippen molar-refractivity contribution < 1.29 is 42.2 Å². The number of rotatable bonds is 7. The maximum atomic E-state index is 13.4. The van der Waals surface area contributed by atoms with Crippen LogP contribution in [-0.2, 0) is 20.6 Å². The summed E-state index contributed by atoms with van der Waals surface area (Å²) in [6, 6.07) is 16.4. The number of halogens is 3. The van der Waals surface area contributed by atoms with Crippen molar-refractivity contribution in [2.24, 2.45) is 5.92 Å². The lowest BCUT2D eigenvalue weighted by Gasteiger charge is -2.27. The number of hydrogen-bond acceptors (Lipinski definition) is 5. The first-order valence-electron chi connectivity index (χ1n) is 10.7.